The minimum Gasteiger partial charge on any atom is -0.454 e. The van der Waals surface area contributed by atoms with Gasteiger partial charge in [-0.05, 0) is 12.1 Å². The number of nitrogens with one attached hydrogen (secondary N) is 1. The molecule has 3 N–H and O–H groups in total. The summed E-state index contributed by atoms with van der Waals surface area (Å²) in [5, 5.41) is 3.20. The van der Waals surface area contributed by atoms with E-state index >= 15 is 0 Å². The van der Waals surface area contributed by atoms with Gasteiger partial charge in [-0.25, -0.2) is 9.97 Å². The topological polar surface area (TPSA) is 82.3 Å². The highest BCUT2D eigenvalue weighted by atomic mass is 16.7. The van der Waals surface area contributed by atoms with Crippen LogP contribution in [0.5, 0.6) is 11.5 Å². The van der Waals surface area contributed by atoms with Crippen molar-refractivity contribution in [2.24, 2.45) is 0 Å². The van der Waals surface area contributed by atoms with Crippen LogP contribution in [-0.2, 0) is 0 Å². The second-order valence-corrected chi connectivity index (χ2v) is 4.88. The van der Waals surface area contributed by atoms with Crippen LogP contribution < -0.4 is 20.5 Å². The number of nitrogen functional groups attached to an aromatic ring is 1. The van der Waals surface area contributed by atoms with Crippen molar-refractivity contribution >= 4 is 17.3 Å². The third kappa shape index (κ3) is 2.45. The SMILES string of the molecule is CC(C)c1nc(N)cc(Nc2ccc3c(c2)OCO3)n1. The lowest BCUT2D eigenvalue weighted by atomic mass is 10.2. The van der Waals surface area contributed by atoms with Gasteiger partial charge in [-0.2, -0.15) is 0 Å². The van der Waals surface area contributed by atoms with Crippen molar-refractivity contribution in [3.8, 4) is 11.5 Å². The normalized spacial score (nSPS) is 12.8. The molecule has 0 aliphatic carbocycles. The monoisotopic (exact) mass is 272 g/mol. The van der Waals surface area contributed by atoms with Gasteiger partial charge in [0, 0.05) is 23.7 Å². The zero-order valence-corrected chi connectivity index (χ0v) is 11.4. The summed E-state index contributed by atoms with van der Waals surface area (Å²) >= 11 is 0. The number of benzene rings is 1. The Balaban J connectivity index is 1.87. The molecule has 20 heavy (non-hydrogen) atoms. The highest BCUT2D eigenvalue weighted by Gasteiger charge is 2.14. The Kier molecular flexibility index (Phi) is 3.06. The molecule has 0 bridgehead atoms. The van der Waals surface area contributed by atoms with Gasteiger partial charge in [0.15, 0.2) is 11.5 Å². The molecular formula is C14H16N4O2. The summed E-state index contributed by atoms with van der Waals surface area (Å²) in [6.07, 6.45) is 0. The highest BCUT2D eigenvalue weighted by molar-refractivity contribution is 5.63. The van der Waals surface area contributed by atoms with Gasteiger partial charge in [-0.3, -0.25) is 0 Å². The number of anilines is 3. The van der Waals surface area contributed by atoms with Crippen LogP contribution in [0.3, 0.4) is 0 Å². The fourth-order valence-electron chi connectivity index (χ4n) is 1.93. The number of ether oxygens (including phenoxy) is 2. The summed E-state index contributed by atoms with van der Waals surface area (Å²) in [6, 6.07) is 7.34. The molecule has 0 atom stereocenters. The molecule has 0 unspecified atom stereocenters. The molecule has 0 radical (unpaired) electrons. The number of rotatable bonds is 3. The maximum Gasteiger partial charge on any atom is 0.231 e. The predicted molar refractivity (Wildman–Crippen MR) is 76.4 cm³/mol. The van der Waals surface area contributed by atoms with Crippen LogP contribution in [0.1, 0.15) is 25.6 Å². The first kappa shape index (κ1) is 12.5. The Hall–Kier alpha value is -2.50. The summed E-state index contributed by atoms with van der Waals surface area (Å²) in [4.78, 5) is 8.66. The molecule has 0 saturated carbocycles. The third-order valence-corrected chi connectivity index (χ3v) is 2.92. The van der Waals surface area contributed by atoms with Crippen LogP contribution in [0.4, 0.5) is 17.3 Å². The summed E-state index contributed by atoms with van der Waals surface area (Å²) in [7, 11) is 0. The Morgan fingerprint density at radius 2 is 1.95 bits per heavy atom. The number of nitrogens with two attached hydrogens (primary N) is 1. The zero-order valence-electron chi connectivity index (χ0n) is 11.4. The highest BCUT2D eigenvalue weighted by Crippen LogP contribution is 2.35. The van der Waals surface area contributed by atoms with Crippen molar-refractivity contribution in [1.82, 2.24) is 9.97 Å². The van der Waals surface area contributed by atoms with Crippen LogP contribution in [0.25, 0.3) is 0 Å². The molecule has 0 amide bonds. The number of fused-ring (bicyclic) bond motifs is 1. The van der Waals surface area contributed by atoms with Crippen molar-refractivity contribution < 1.29 is 9.47 Å². The second kappa shape index (κ2) is 4.88. The van der Waals surface area contributed by atoms with Crippen LogP contribution >= 0.6 is 0 Å². The molecule has 2 aromatic rings. The molecule has 1 aliphatic heterocycles. The van der Waals surface area contributed by atoms with E-state index in [1.54, 1.807) is 6.07 Å². The Bertz CT molecular complexity index is 643. The second-order valence-electron chi connectivity index (χ2n) is 4.88. The number of nitrogens with zero attached hydrogens (tertiary/aromatic N) is 2. The predicted octanol–water partition coefficient (Wildman–Crippen LogP) is 2.65. The van der Waals surface area contributed by atoms with Gasteiger partial charge in [0.25, 0.3) is 0 Å². The van der Waals surface area contributed by atoms with E-state index in [4.69, 9.17) is 15.2 Å². The molecule has 0 fully saturated rings. The molecule has 1 aromatic heterocycles. The molecule has 2 heterocycles. The molecule has 104 valence electrons. The molecule has 0 saturated heterocycles. The Morgan fingerprint density at radius 1 is 1.15 bits per heavy atom. The van der Waals surface area contributed by atoms with Gasteiger partial charge in [0.05, 0.1) is 0 Å². The zero-order chi connectivity index (χ0) is 14.1. The van der Waals surface area contributed by atoms with Gasteiger partial charge >= 0.3 is 0 Å². The lowest BCUT2D eigenvalue weighted by Crippen LogP contribution is -2.04. The van der Waals surface area contributed by atoms with E-state index in [0.29, 0.717) is 17.5 Å². The van der Waals surface area contributed by atoms with Crippen molar-refractivity contribution in [1.29, 1.82) is 0 Å². The maximum atomic E-state index is 5.81. The molecule has 3 rings (SSSR count). The van der Waals surface area contributed by atoms with Crippen molar-refractivity contribution in [3.05, 3.63) is 30.1 Å². The molecule has 6 heteroatoms. The quantitative estimate of drug-likeness (QED) is 0.893. The summed E-state index contributed by atoms with van der Waals surface area (Å²) in [5.74, 6) is 3.53. The van der Waals surface area contributed by atoms with Crippen molar-refractivity contribution in [3.63, 3.8) is 0 Å². The van der Waals surface area contributed by atoms with E-state index in [0.717, 1.165) is 17.2 Å². The summed E-state index contributed by atoms with van der Waals surface area (Å²) in [6.45, 7) is 4.31. The van der Waals surface area contributed by atoms with Gasteiger partial charge in [0.1, 0.15) is 17.5 Å². The lowest BCUT2D eigenvalue weighted by molar-refractivity contribution is 0.174. The van der Waals surface area contributed by atoms with E-state index < -0.39 is 0 Å². The van der Waals surface area contributed by atoms with Crippen LogP contribution in [-0.4, -0.2) is 16.8 Å². The van der Waals surface area contributed by atoms with Gasteiger partial charge in [-0.1, -0.05) is 13.8 Å². The van der Waals surface area contributed by atoms with E-state index in [9.17, 15) is 0 Å². The average Bonchev–Trinajstić information content (AvgIpc) is 2.85. The lowest BCUT2D eigenvalue weighted by Gasteiger charge is -2.10. The fraction of sp³-hybridized carbons (Fsp3) is 0.286. The molecule has 1 aromatic carbocycles. The van der Waals surface area contributed by atoms with E-state index in [1.807, 2.05) is 32.0 Å². The van der Waals surface area contributed by atoms with Crippen molar-refractivity contribution in [2.45, 2.75) is 19.8 Å². The Labute approximate surface area is 116 Å². The first-order chi connectivity index (χ1) is 9.61. The van der Waals surface area contributed by atoms with Crippen LogP contribution in [0.15, 0.2) is 24.3 Å². The van der Waals surface area contributed by atoms with Gasteiger partial charge in [0.2, 0.25) is 6.79 Å². The molecule has 6 nitrogen and oxygen atoms in total. The first-order valence-electron chi connectivity index (χ1n) is 6.43. The number of hydrogen-bond donors (Lipinski definition) is 2. The maximum absolute atomic E-state index is 5.81. The Morgan fingerprint density at radius 3 is 2.75 bits per heavy atom. The van der Waals surface area contributed by atoms with Crippen molar-refractivity contribution in [2.75, 3.05) is 17.8 Å². The first-order valence-corrected chi connectivity index (χ1v) is 6.43. The summed E-state index contributed by atoms with van der Waals surface area (Å²) < 4.78 is 10.6. The standard InChI is InChI=1S/C14H16N4O2/c1-8(2)14-17-12(15)6-13(18-14)16-9-3-4-10-11(5-9)20-7-19-10/h3-6,8H,7H2,1-2H3,(H3,15,16,17,18). The van der Waals surface area contributed by atoms with Crippen LogP contribution in [0.2, 0.25) is 0 Å². The largest absolute Gasteiger partial charge is 0.454 e. The fourth-order valence-corrected chi connectivity index (χ4v) is 1.93. The van der Waals surface area contributed by atoms with E-state index in [-0.39, 0.29) is 12.7 Å². The van der Waals surface area contributed by atoms with E-state index in [1.165, 1.54) is 0 Å². The molecule has 1 aliphatic rings. The van der Waals surface area contributed by atoms with Crippen LogP contribution in [0, 0.1) is 0 Å². The molecule has 0 spiro atoms. The van der Waals surface area contributed by atoms with E-state index in [2.05, 4.69) is 15.3 Å². The number of hydrogen-bond acceptors (Lipinski definition) is 6. The minimum absolute atomic E-state index is 0.218. The molecular weight excluding hydrogens is 256 g/mol. The third-order valence-electron chi connectivity index (χ3n) is 2.92. The van der Waals surface area contributed by atoms with Gasteiger partial charge < -0.3 is 20.5 Å². The summed E-state index contributed by atoms with van der Waals surface area (Å²) in [5.41, 5.74) is 6.67. The smallest absolute Gasteiger partial charge is 0.231 e. The number of aromatic nitrogens is 2. The van der Waals surface area contributed by atoms with Gasteiger partial charge in [-0.15, -0.1) is 0 Å². The average molecular weight is 272 g/mol. The minimum atomic E-state index is 0.218.